The van der Waals surface area contributed by atoms with Crippen molar-refractivity contribution in [2.75, 3.05) is 31.6 Å². The minimum atomic E-state index is -0.665. The van der Waals surface area contributed by atoms with E-state index in [0.717, 1.165) is 0 Å². The van der Waals surface area contributed by atoms with Gasteiger partial charge >= 0.3 is 12.1 Å². The van der Waals surface area contributed by atoms with Crippen molar-refractivity contribution in [3.05, 3.63) is 30.1 Å². The molecule has 0 aliphatic carbocycles. The average molecular weight is 372 g/mol. The van der Waals surface area contributed by atoms with Crippen LogP contribution in [0.3, 0.4) is 0 Å². The van der Waals surface area contributed by atoms with Gasteiger partial charge in [-0.2, -0.15) is 13.5 Å². The number of carbonyl (C=O) groups excluding carboxylic acids is 2. The third-order valence-corrected chi connectivity index (χ3v) is 3.66. The molecule has 1 aromatic rings. The Hall–Kier alpha value is -1.96. The first kappa shape index (κ1) is 21.1. The molecule has 1 atom stereocenters. The van der Waals surface area contributed by atoms with Crippen LogP contribution in [0.15, 0.2) is 24.3 Å². The fourth-order valence-electron chi connectivity index (χ4n) is 2.55. The number of ether oxygens (including phenoxy) is 2. The van der Waals surface area contributed by atoms with E-state index in [-0.39, 0.29) is 25.9 Å². The summed E-state index contributed by atoms with van der Waals surface area (Å²) in [5.41, 5.74) is 0.0991. The van der Waals surface area contributed by atoms with Gasteiger partial charge in [0.15, 0.2) is 0 Å². The van der Waals surface area contributed by atoms with Crippen LogP contribution in [0.1, 0.15) is 20.8 Å². The van der Waals surface area contributed by atoms with Gasteiger partial charge in [-0.3, -0.25) is 0 Å². The van der Waals surface area contributed by atoms with Crippen molar-refractivity contribution in [2.24, 2.45) is 0 Å². The maximum Gasteiger partial charge on any atom is 0.410 e. The highest BCUT2D eigenvalue weighted by Crippen LogP contribution is 2.23. The molecule has 1 aliphatic heterocycles. The number of carbonyl (C=O) groups is 2. The lowest BCUT2D eigenvalue weighted by atomic mass is 10.1. The predicted octanol–water partition coefficient (Wildman–Crippen LogP) is 2.54. The van der Waals surface area contributed by atoms with Crippen LogP contribution in [0.4, 0.5) is 14.9 Å². The molecule has 1 aliphatic rings. The van der Waals surface area contributed by atoms with Crippen molar-refractivity contribution in [2.45, 2.75) is 32.4 Å². The van der Waals surface area contributed by atoms with Gasteiger partial charge in [0.1, 0.15) is 17.5 Å². The largest absolute Gasteiger partial charge is 0.467 e. The second-order valence-corrected chi connectivity index (χ2v) is 6.64. The zero-order chi connectivity index (χ0) is 17.9. The summed E-state index contributed by atoms with van der Waals surface area (Å²) >= 11 is 0. The van der Waals surface area contributed by atoms with E-state index in [2.05, 4.69) is 0 Å². The Bertz CT molecular complexity index is 604. The Morgan fingerprint density at radius 3 is 2.28 bits per heavy atom. The molecule has 1 amide bonds. The third kappa shape index (κ3) is 5.52. The molecule has 6 nitrogen and oxygen atoms in total. The number of methoxy groups -OCH3 is 1. The molecule has 1 saturated heterocycles. The molecule has 1 aromatic carbocycles. The fourth-order valence-corrected chi connectivity index (χ4v) is 2.55. The molecule has 0 unspecified atom stereocenters. The highest BCUT2D eigenvalue weighted by atomic mass is 32.1. The maximum atomic E-state index is 13.1. The van der Waals surface area contributed by atoms with Crippen LogP contribution < -0.4 is 4.90 Å². The second-order valence-electron chi connectivity index (χ2n) is 6.64. The molecule has 0 bridgehead atoms. The summed E-state index contributed by atoms with van der Waals surface area (Å²) in [4.78, 5) is 27.7. The molecule has 1 heterocycles. The van der Waals surface area contributed by atoms with E-state index in [1.807, 2.05) is 4.90 Å². The average Bonchev–Trinajstić information content (AvgIpc) is 2.52. The first-order chi connectivity index (χ1) is 11.2. The molecule has 1 fully saturated rings. The van der Waals surface area contributed by atoms with Crippen molar-refractivity contribution >= 4 is 31.2 Å². The topological polar surface area (TPSA) is 59.1 Å². The van der Waals surface area contributed by atoms with Crippen molar-refractivity contribution in [1.29, 1.82) is 0 Å². The molecule has 0 aromatic heterocycles. The first-order valence-corrected chi connectivity index (χ1v) is 7.79. The Balaban J connectivity index is 0.00000312. The smallest absolute Gasteiger partial charge is 0.410 e. The Morgan fingerprint density at radius 2 is 1.76 bits per heavy atom. The summed E-state index contributed by atoms with van der Waals surface area (Å²) in [6.07, 6.45) is -0.463. The molecule has 140 valence electrons. The maximum absolute atomic E-state index is 13.1. The molecule has 0 radical (unpaired) electrons. The molecule has 0 spiro atoms. The van der Waals surface area contributed by atoms with Crippen molar-refractivity contribution in [3.63, 3.8) is 0 Å². The van der Waals surface area contributed by atoms with E-state index in [1.54, 1.807) is 32.9 Å². The lowest BCUT2D eigenvalue weighted by Gasteiger charge is -2.41. The van der Waals surface area contributed by atoms with E-state index in [0.29, 0.717) is 18.8 Å². The minimum absolute atomic E-state index is 0. The van der Waals surface area contributed by atoms with Crippen LogP contribution in [0, 0.1) is 5.82 Å². The fraction of sp³-hybridized carbons (Fsp3) is 0.529. The number of anilines is 1. The lowest BCUT2D eigenvalue weighted by Crippen LogP contribution is -2.58. The van der Waals surface area contributed by atoms with Gasteiger partial charge in [0, 0.05) is 18.8 Å². The van der Waals surface area contributed by atoms with Crippen LogP contribution in [0.2, 0.25) is 0 Å². The van der Waals surface area contributed by atoms with Crippen LogP contribution in [-0.4, -0.2) is 55.3 Å². The lowest BCUT2D eigenvalue weighted by molar-refractivity contribution is -0.143. The number of hydrogen-bond acceptors (Lipinski definition) is 5. The van der Waals surface area contributed by atoms with E-state index in [4.69, 9.17) is 9.47 Å². The summed E-state index contributed by atoms with van der Waals surface area (Å²) < 4.78 is 23.3. The molecule has 0 N–H and O–H groups in total. The molecular weight excluding hydrogens is 347 g/mol. The van der Waals surface area contributed by atoms with Crippen LogP contribution in [0.25, 0.3) is 0 Å². The number of hydrogen-bond donors (Lipinski definition) is 0. The molecule has 0 saturated carbocycles. The number of piperazine rings is 1. The number of rotatable bonds is 2. The number of amides is 1. The van der Waals surface area contributed by atoms with E-state index < -0.39 is 23.7 Å². The zero-order valence-corrected chi connectivity index (χ0v) is 15.9. The predicted molar refractivity (Wildman–Crippen MR) is 97.7 cm³/mol. The van der Waals surface area contributed by atoms with Crippen LogP contribution in [0.5, 0.6) is 0 Å². The molecule has 8 heteroatoms. The SMILES string of the molecule is COC(=O)[C@@H]1CN(C(=O)OC(C)(C)C)CCN1c1ccc(F)cc1.S. The number of nitrogens with zero attached hydrogens (tertiary/aromatic N) is 2. The minimum Gasteiger partial charge on any atom is -0.467 e. The summed E-state index contributed by atoms with van der Waals surface area (Å²) in [7, 11) is 1.30. The van der Waals surface area contributed by atoms with Gasteiger partial charge < -0.3 is 19.3 Å². The highest BCUT2D eigenvalue weighted by molar-refractivity contribution is 7.59. The van der Waals surface area contributed by atoms with Gasteiger partial charge in [-0.15, -0.1) is 0 Å². The zero-order valence-electron chi connectivity index (χ0n) is 14.9. The third-order valence-electron chi connectivity index (χ3n) is 3.66. The van der Waals surface area contributed by atoms with E-state index in [9.17, 15) is 14.0 Å². The van der Waals surface area contributed by atoms with Gasteiger partial charge in [0.25, 0.3) is 0 Å². The van der Waals surface area contributed by atoms with Gasteiger partial charge in [-0.25, -0.2) is 14.0 Å². The summed E-state index contributed by atoms with van der Waals surface area (Å²) in [5, 5.41) is 0. The van der Waals surface area contributed by atoms with Gasteiger partial charge in [-0.05, 0) is 45.0 Å². The van der Waals surface area contributed by atoms with Crippen molar-refractivity contribution < 1.29 is 23.5 Å². The normalized spacial score (nSPS) is 17.6. The second kappa shape index (κ2) is 8.42. The summed E-state index contributed by atoms with van der Waals surface area (Å²) in [6.45, 7) is 6.34. The Labute approximate surface area is 154 Å². The number of benzene rings is 1. The van der Waals surface area contributed by atoms with Crippen LogP contribution in [-0.2, 0) is 14.3 Å². The van der Waals surface area contributed by atoms with E-state index >= 15 is 0 Å². The van der Waals surface area contributed by atoms with Crippen LogP contribution >= 0.6 is 13.5 Å². The quantitative estimate of drug-likeness (QED) is 0.747. The van der Waals surface area contributed by atoms with Gasteiger partial charge in [0.05, 0.1) is 13.7 Å². The Morgan fingerprint density at radius 1 is 1.16 bits per heavy atom. The van der Waals surface area contributed by atoms with E-state index in [1.165, 1.54) is 24.1 Å². The van der Waals surface area contributed by atoms with Gasteiger partial charge in [0.2, 0.25) is 0 Å². The summed E-state index contributed by atoms with van der Waals surface area (Å²) in [6, 6.07) is 5.22. The molecule has 25 heavy (non-hydrogen) atoms. The molecule has 2 rings (SSSR count). The highest BCUT2D eigenvalue weighted by Gasteiger charge is 2.36. The van der Waals surface area contributed by atoms with Crippen molar-refractivity contribution in [1.82, 2.24) is 4.90 Å². The standard InChI is InChI=1S/C17H23FN2O4.H2S/c1-17(2,3)24-16(22)19-9-10-20(14(11-19)15(21)23-4)13-7-5-12(18)6-8-13;/h5-8,14H,9-11H2,1-4H3;1H2/t14-;/m0./s1. The Kier molecular flexibility index (Phi) is 7.10. The number of halogens is 1. The molecular formula is C17H25FN2O4S. The summed E-state index contributed by atoms with van der Waals surface area (Å²) in [5.74, 6) is -0.798. The first-order valence-electron chi connectivity index (χ1n) is 7.79. The van der Waals surface area contributed by atoms with Crippen molar-refractivity contribution in [3.8, 4) is 0 Å². The number of esters is 1. The monoisotopic (exact) mass is 372 g/mol. The van der Waals surface area contributed by atoms with Gasteiger partial charge in [-0.1, -0.05) is 0 Å².